The summed E-state index contributed by atoms with van der Waals surface area (Å²) >= 11 is 0. The molecule has 1 aliphatic heterocycles. The van der Waals surface area contributed by atoms with Crippen LogP contribution in [0.4, 0.5) is 54.8 Å². The van der Waals surface area contributed by atoms with Crippen molar-refractivity contribution >= 4 is 17.9 Å². The van der Waals surface area contributed by atoms with E-state index in [-0.39, 0.29) is 30.3 Å². The fourth-order valence-corrected chi connectivity index (χ4v) is 5.09. The molecule has 4 rings (SSSR count). The molecule has 2 amide bonds. The number of amides is 2. The molecule has 1 heterocycles. The van der Waals surface area contributed by atoms with Crippen molar-refractivity contribution in [3.05, 3.63) is 100 Å². The lowest BCUT2D eigenvalue weighted by atomic mass is 9.89. The smallest absolute Gasteiger partial charge is 0.416 e. The van der Waals surface area contributed by atoms with Crippen molar-refractivity contribution in [1.29, 1.82) is 0 Å². The van der Waals surface area contributed by atoms with Crippen molar-refractivity contribution in [2.45, 2.75) is 57.1 Å². The lowest BCUT2D eigenvalue weighted by Gasteiger charge is -2.42. The Morgan fingerprint density at radius 2 is 1.38 bits per heavy atom. The molecule has 0 aliphatic carbocycles. The molecule has 6 nitrogen and oxygen atoms in total. The van der Waals surface area contributed by atoms with Crippen LogP contribution in [-0.2, 0) is 41.2 Å². The lowest BCUT2D eigenvalue weighted by Crippen LogP contribution is -2.47. The summed E-state index contributed by atoms with van der Waals surface area (Å²) in [5.74, 6) is 0. The Morgan fingerprint density at radius 1 is 0.800 bits per heavy atom. The van der Waals surface area contributed by atoms with Crippen molar-refractivity contribution in [3.63, 3.8) is 0 Å². The fourth-order valence-electron chi connectivity index (χ4n) is 5.09. The maximum atomic E-state index is 13.7. The second-order valence-electron chi connectivity index (χ2n) is 10.3. The van der Waals surface area contributed by atoms with Crippen molar-refractivity contribution < 1.29 is 58.6 Å². The third-order valence-corrected chi connectivity index (χ3v) is 7.17. The van der Waals surface area contributed by atoms with Crippen LogP contribution in [0.2, 0.25) is 0 Å². The molecule has 3 aromatic rings. The number of ether oxygens (including phenoxy) is 2. The number of alkyl halides is 9. The van der Waals surface area contributed by atoms with Gasteiger partial charge in [-0.15, -0.1) is 0 Å². The number of hydrogen-bond donors (Lipinski definition) is 0. The lowest BCUT2D eigenvalue weighted by molar-refractivity contribution is -0.143. The van der Waals surface area contributed by atoms with Crippen LogP contribution in [0.1, 0.15) is 52.8 Å². The highest BCUT2D eigenvalue weighted by Crippen LogP contribution is 2.45. The zero-order valence-electron chi connectivity index (χ0n) is 23.6. The Kier molecular flexibility index (Phi) is 9.31. The summed E-state index contributed by atoms with van der Waals surface area (Å²) in [6.45, 7) is 0.392. The van der Waals surface area contributed by atoms with E-state index in [4.69, 9.17) is 9.47 Å². The first-order valence-corrected chi connectivity index (χ1v) is 13.2. The summed E-state index contributed by atoms with van der Waals surface area (Å²) in [6.07, 6.45) is -17.5. The zero-order chi connectivity index (χ0) is 33.3. The molecule has 0 saturated carbocycles. The largest absolute Gasteiger partial charge is 0.453 e. The molecule has 1 aliphatic rings. The normalized spacial score (nSPS) is 17.0. The third-order valence-electron chi connectivity index (χ3n) is 7.17. The van der Waals surface area contributed by atoms with Gasteiger partial charge in [0, 0.05) is 12.6 Å². The summed E-state index contributed by atoms with van der Waals surface area (Å²) < 4.78 is 132. The molecule has 0 fully saturated rings. The van der Waals surface area contributed by atoms with Crippen molar-refractivity contribution in [2.75, 3.05) is 12.0 Å². The van der Waals surface area contributed by atoms with E-state index in [0.29, 0.717) is 29.8 Å². The zero-order valence-corrected chi connectivity index (χ0v) is 23.6. The molecule has 0 radical (unpaired) electrons. The number of hydrogen-bond acceptors (Lipinski definition) is 4. The number of methoxy groups -OCH3 is 1. The molecule has 0 unspecified atom stereocenters. The van der Waals surface area contributed by atoms with Gasteiger partial charge in [-0.2, -0.15) is 39.5 Å². The Hall–Kier alpha value is -4.43. The maximum Gasteiger partial charge on any atom is 0.416 e. The van der Waals surface area contributed by atoms with Gasteiger partial charge in [-0.1, -0.05) is 36.4 Å². The van der Waals surface area contributed by atoms with Gasteiger partial charge in [-0.25, -0.2) is 9.59 Å². The van der Waals surface area contributed by atoms with Crippen LogP contribution >= 0.6 is 0 Å². The molecule has 0 bridgehead atoms. The van der Waals surface area contributed by atoms with Gasteiger partial charge in [0.05, 0.1) is 35.5 Å². The van der Waals surface area contributed by atoms with E-state index in [1.807, 2.05) is 0 Å². The predicted molar refractivity (Wildman–Crippen MR) is 142 cm³/mol. The Bertz CT molecular complexity index is 1510. The summed E-state index contributed by atoms with van der Waals surface area (Å²) in [6, 6.07) is 9.41. The SMILES string of the molecule is COC(=O)N(Cc1cc(C(F)(F)F)cc(C(F)(F)F)c1)[C@H]1C[C@@H](C)N(C(=O)OCc2ccccc2)c2cc(C(F)(F)F)ccc21. The third kappa shape index (κ3) is 7.63. The summed E-state index contributed by atoms with van der Waals surface area (Å²) in [5.41, 5.74) is -4.69. The highest BCUT2D eigenvalue weighted by atomic mass is 19.4. The van der Waals surface area contributed by atoms with Crippen LogP contribution in [0.3, 0.4) is 0 Å². The van der Waals surface area contributed by atoms with E-state index in [2.05, 4.69) is 0 Å². The molecule has 2 atom stereocenters. The minimum atomic E-state index is -5.16. The first-order chi connectivity index (χ1) is 20.9. The summed E-state index contributed by atoms with van der Waals surface area (Å²) in [4.78, 5) is 28.0. The van der Waals surface area contributed by atoms with Gasteiger partial charge >= 0.3 is 30.7 Å². The van der Waals surface area contributed by atoms with Crippen LogP contribution in [-0.4, -0.2) is 30.2 Å². The molecule has 0 spiro atoms. The molecule has 15 heteroatoms. The molecule has 0 N–H and O–H groups in total. The van der Waals surface area contributed by atoms with Crippen molar-refractivity contribution in [1.82, 2.24) is 4.90 Å². The Balaban J connectivity index is 1.78. The number of nitrogens with zero attached hydrogens (tertiary/aromatic N) is 2. The van der Waals surface area contributed by atoms with Crippen molar-refractivity contribution in [2.24, 2.45) is 0 Å². The van der Waals surface area contributed by atoms with Gasteiger partial charge in [-0.05, 0) is 60.4 Å². The molecule has 0 aromatic heterocycles. The van der Waals surface area contributed by atoms with Gasteiger partial charge in [-0.3, -0.25) is 9.80 Å². The number of fused-ring (bicyclic) bond motifs is 1. The van der Waals surface area contributed by atoms with E-state index in [0.717, 1.165) is 23.0 Å². The first-order valence-electron chi connectivity index (χ1n) is 13.2. The Morgan fingerprint density at radius 3 is 1.91 bits per heavy atom. The number of carbonyl (C=O) groups is 2. The monoisotopic (exact) mass is 648 g/mol. The van der Waals surface area contributed by atoms with Gasteiger partial charge < -0.3 is 9.47 Å². The molecule has 3 aromatic carbocycles. The molecular formula is C30H25F9N2O4. The Labute approximate surface area is 250 Å². The van der Waals surface area contributed by atoms with E-state index in [9.17, 15) is 49.1 Å². The average Bonchev–Trinajstić information content (AvgIpc) is 2.96. The fraction of sp³-hybridized carbons (Fsp3) is 0.333. The van der Waals surface area contributed by atoms with Gasteiger partial charge in [0.2, 0.25) is 0 Å². The molecular weight excluding hydrogens is 623 g/mol. The second-order valence-corrected chi connectivity index (χ2v) is 10.3. The van der Waals surface area contributed by atoms with E-state index < -0.39 is 71.6 Å². The van der Waals surface area contributed by atoms with Crippen LogP contribution < -0.4 is 4.90 Å². The second kappa shape index (κ2) is 12.5. The predicted octanol–water partition coefficient (Wildman–Crippen LogP) is 8.99. The minimum absolute atomic E-state index is 0.0359. The quantitative estimate of drug-likeness (QED) is 0.259. The number of rotatable bonds is 5. The van der Waals surface area contributed by atoms with Gasteiger partial charge in [0.25, 0.3) is 0 Å². The molecule has 45 heavy (non-hydrogen) atoms. The van der Waals surface area contributed by atoms with Crippen LogP contribution in [0.15, 0.2) is 66.7 Å². The maximum absolute atomic E-state index is 13.7. The molecule has 242 valence electrons. The van der Waals surface area contributed by atoms with E-state index in [1.165, 1.54) is 6.92 Å². The summed E-state index contributed by atoms with van der Waals surface area (Å²) in [5, 5.41) is 0. The highest BCUT2D eigenvalue weighted by Gasteiger charge is 2.42. The number of carbonyl (C=O) groups excluding carboxylic acids is 2. The summed E-state index contributed by atoms with van der Waals surface area (Å²) in [7, 11) is 0.926. The van der Waals surface area contributed by atoms with E-state index >= 15 is 0 Å². The van der Waals surface area contributed by atoms with Crippen LogP contribution in [0.5, 0.6) is 0 Å². The standard InChI is InChI=1S/C30H25F9N2O4/c1-17-10-24(40(26(42)44-2)15-19-11-21(29(34,35)36)13-22(12-19)30(37,38)39)23-9-8-20(28(31,32)33)14-25(23)41(17)27(43)45-16-18-6-4-3-5-7-18/h3-9,11-14,17,24H,10,15-16H2,1-2H3/t17-,24+/m1/s1. The average molecular weight is 649 g/mol. The van der Waals surface area contributed by atoms with E-state index in [1.54, 1.807) is 30.3 Å². The van der Waals surface area contributed by atoms with Crippen LogP contribution in [0.25, 0.3) is 0 Å². The topological polar surface area (TPSA) is 59.1 Å². The van der Waals surface area contributed by atoms with Crippen molar-refractivity contribution in [3.8, 4) is 0 Å². The molecule has 0 saturated heterocycles. The van der Waals surface area contributed by atoms with Gasteiger partial charge in [0.1, 0.15) is 6.61 Å². The highest BCUT2D eigenvalue weighted by molar-refractivity contribution is 5.90. The van der Waals surface area contributed by atoms with Crippen LogP contribution in [0, 0.1) is 0 Å². The number of benzene rings is 3. The first kappa shape index (κ1) is 33.5. The van der Waals surface area contributed by atoms with Gasteiger partial charge in [0.15, 0.2) is 0 Å². The number of halogens is 9. The minimum Gasteiger partial charge on any atom is -0.453 e. The number of anilines is 1.